The number of quaternary nitrogens is 1. The minimum atomic E-state index is -0.184. The number of amides is 2. The normalized spacial score (nSPS) is 11.5. The van der Waals surface area contributed by atoms with Crippen LogP contribution in [-0.4, -0.2) is 38.6 Å². The average Bonchev–Trinajstić information content (AvgIpc) is 2.64. The summed E-state index contributed by atoms with van der Waals surface area (Å²) >= 11 is 6.07. The molecule has 27 heavy (non-hydrogen) atoms. The lowest BCUT2D eigenvalue weighted by atomic mass is 10.3. The average molecular weight is 391 g/mol. The van der Waals surface area contributed by atoms with Crippen molar-refractivity contribution < 1.29 is 19.2 Å². The van der Waals surface area contributed by atoms with Gasteiger partial charge in [-0.1, -0.05) is 42.8 Å². The van der Waals surface area contributed by atoms with Crippen molar-refractivity contribution in [3.63, 3.8) is 0 Å². The molecule has 0 aliphatic rings. The van der Waals surface area contributed by atoms with E-state index in [2.05, 4.69) is 10.6 Å². The van der Waals surface area contributed by atoms with Crippen molar-refractivity contribution in [2.24, 2.45) is 0 Å². The number of benzene rings is 2. The molecule has 0 saturated heterocycles. The van der Waals surface area contributed by atoms with Crippen molar-refractivity contribution in [2.75, 3.05) is 37.4 Å². The molecule has 1 atom stereocenters. The van der Waals surface area contributed by atoms with Crippen LogP contribution in [0, 0.1) is 0 Å². The van der Waals surface area contributed by atoms with Crippen LogP contribution >= 0.6 is 11.6 Å². The fourth-order valence-corrected chi connectivity index (χ4v) is 2.93. The van der Waals surface area contributed by atoms with Gasteiger partial charge >= 0.3 is 0 Å². The van der Waals surface area contributed by atoms with Crippen LogP contribution in [0.4, 0.5) is 11.4 Å². The number of methoxy groups -OCH3 is 1. The Labute approximate surface area is 164 Å². The largest absolute Gasteiger partial charge is 0.495 e. The summed E-state index contributed by atoms with van der Waals surface area (Å²) in [5.41, 5.74) is 1.18. The number of para-hydroxylation sites is 3. The van der Waals surface area contributed by atoms with Crippen molar-refractivity contribution in [3.8, 4) is 5.75 Å². The zero-order valence-corrected chi connectivity index (χ0v) is 16.3. The highest BCUT2D eigenvalue weighted by atomic mass is 35.5. The van der Waals surface area contributed by atoms with Crippen LogP contribution in [0.3, 0.4) is 0 Å². The minimum absolute atomic E-state index is 0.173. The highest BCUT2D eigenvalue weighted by Crippen LogP contribution is 2.22. The van der Waals surface area contributed by atoms with Crippen LogP contribution in [0.2, 0.25) is 5.02 Å². The van der Waals surface area contributed by atoms with Gasteiger partial charge in [0.1, 0.15) is 5.75 Å². The third kappa shape index (κ3) is 6.58. The Morgan fingerprint density at radius 1 is 0.963 bits per heavy atom. The van der Waals surface area contributed by atoms with E-state index in [9.17, 15) is 9.59 Å². The number of carbonyl (C=O) groups is 2. The highest BCUT2D eigenvalue weighted by molar-refractivity contribution is 6.33. The van der Waals surface area contributed by atoms with Gasteiger partial charge in [0, 0.05) is 0 Å². The summed E-state index contributed by atoms with van der Waals surface area (Å²) in [7, 11) is 1.55. The number of rotatable bonds is 9. The van der Waals surface area contributed by atoms with Crippen LogP contribution in [0.5, 0.6) is 5.75 Å². The van der Waals surface area contributed by atoms with Crippen LogP contribution in [0.1, 0.15) is 13.3 Å². The first kappa shape index (κ1) is 20.7. The second kappa shape index (κ2) is 10.5. The lowest BCUT2D eigenvalue weighted by Crippen LogP contribution is -3.14. The van der Waals surface area contributed by atoms with Gasteiger partial charge in [0.05, 0.1) is 30.1 Å². The molecule has 144 valence electrons. The molecule has 0 heterocycles. The first-order valence-corrected chi connectivity index (χ1v) is 9.22. The molecule has 1 unspecified atom stereocenters. The van der Waals surface area contributed by atoms with E-state index in [0.717, 1.165) is 11.3 Å². The van der Waals surface area contributed by atoms with Crippen LogP contribution in [0.15, 0.2) is 48.5 Å². The summed E-state index contributed by atoms with van der Waals surface area (Å²) in [6.07, 6.45) is 0.858. The van der Waals surface area contributed by atoms with Crippen molar-refractivity contribution >= 4 is 34.8 Å². The maximum atomic E-state index is 12.4. The number of hydrogen-bond donors (Lipinski definition) is 3. The quantitative estimate of drug-likeness (QED) is 0.614. The van der Waals surface area contributed by atoms with Crippen molar-refractivity contribution in [2.45, 2.75) is 13.3 Å². The fraction of sp³-hybridized carbons (Fsp3) is 0.300. The summed E-state index contributed by atoms with van der Waals surface area (Å²) in [5, 5.41) is 6.12. The summed E-state index contributed by atoms with van der Waals surface area (Å²) < 4.78 is 5.24. The molecule has 0 radical (unpaired) electrons. The molecule has 7 heteroatoms. The Hall–Kier alpha value is -2.57. The molecule has 2 aromatic rings. The molecule has 6 nitrogen and oxygen atoms in total. The number of ether oxygens (including phenoxy) is 1. The van der Waals surface area contributed by atoms with Crippen molar-refractivity contribution in [1.82, 2.24) is 0 Å². The number of halogens is 1. The summed E-state index contributed by atoms with van der Waals surface area (Å²) in [6, 6.07) is 14.3. The lowest BCUT2D eigenvalue weighted by Gasteiger charge is -2.18. The molecule has 3 N–H and O–H groups in total. The van der Waals surface area contributed by atoms with Crippen molar-refractivity contribution in [3.05, 3.63) is 53.6 Å². The number of hydrogen-bond acceptors (Lipinski definition) is 3. The molecule has 2 amide bonds. The van der Waals surface area contributed by atoms with Gasteiger partial charge in [0.2, 0.25) is 0 Å². The van der Waals surface area contributed by atoms with Crippen molar-refractivity contribution in [1.29, 1.82) is 0 Å². The van der Waals surface area contributed by atoms with Gasteiger partial charge in [-0.3, -0.25) is 9.59 Å². The monoisotopic (exact) mass is 390 g/mol. The lowest BCUT2D eigenvalue weighted by molar-refractivity contribution is -0.883. The molecule has 0 aliphatic carbocycles. The molecule has 0 bridgehead atoms. The van der Waals surface area contributed by atoms with Crippen LogP contribution in [-0.2, 0) is 9.59 Å². The molecule has 0 saturated carbocycles. The van der Waals surface area contributed by atoms with Gasteiger partial charge in [-0.25, -0.2) is 0 Å². The number of anilines is 2. The Bertz CT molecular complexity index is 783. The first-order valence-electron chi connectivity index (χ1n) is 8.84. The summed E-state index contributed by atoms with van der Waals surface area (Å²) in [4.78, 5) is 25.6. The molecule has 2 aromatic carbocycles. The fourth-order valence-electron chi connectivity index (χ4n) is 2.75. The van der Waals surface area contributed by atoms with Gasteiger partial charge in [0.25, 0.3) is 11.8 Å². The second-order valence-corrected chi connectivity index (χ2v) is 6.54. The first-order chi connectivity index (χ1) is 13.0. The molecular formula is C20H25ClN3O3+. The van der Waals surface area contributed by atoms with E-state index < -0.39 is 0 Å². The van der Waals surface area contributed by atoms with E-state index in [-0.39, 0.29) is 24.9 Å². The van der Waals surface area contributed by atoms with Gasteiger partial charge in [-0.15, -0.1) is 0 Å². The maximum absolute atomic E-state index is 12.4. The van der Waals surface area contributed by atoms with E-state index in [1.807, 2.05) is 19.1 Å². The molecular weight excluding hydrogens is 366 g/mol. The molecule has 2 rings (SSSR count). The smallest absolute Gasteiger partial charge is 0.279 e. The van der Waals surface area contributed by atoms with Gasteiger partial charge in [-0.2, -0.15) is 0 Å². The maximum Gasteiger partial charge on any atom is 0.279 e. The Balaban J connectivity index is 1.95. The SMILES string of the molecule is CCC[NH+](CC(=O)Nc1ccccc1Cl)CC(=O)Nc1ccccc1OC. The summed E-state index contributed by atoms with van der Waals surface area (Å²) in [5.74, 6) is 0.240. The van der Waals surface area contributed by atoms with Crippen LogP contribution < -0.4 is 20.3 Å². The van der Waals surface area contributed by atoms with E-state index in [1.165, 1.54) is 0 Å². The van der Waals surface area contributed by atoms with E-state index >= 15 is 0 Å². The minimum Gasteiger partial charge on any atom is -0.495 e. The summed E-state index contributed by atoms with van der Waals surface area (Å²) in [6.45, 7) is 3.08. The Morgan fingerprint density at radius 2 is 1.52 bits per heavy atom. The zero-order valence-electron chi connectivity index (χ0n) is 15.5. The zero-order chi connectivity index (χ0) is 19.6. The third-order valence-electron chi connectivity index (χ3n) is 3.95. The number of nitrogens with one attached hydrogen (secondary N) is 3. The molecule has 0 fully saturated rings. The number of carbonyl (C=O) groups excluding carboxylic acids is 2. The van der Waals surface area contributed by atoms with Crippen LogP contribution in [0.25, 0.3) is 0 Å². The predicted octanol–water partition coefficient (Wildman–Crippen LogP) is 2.22. The standard InChI is InChI=1S/C20H24ClN3O3/c1-3-12-24(13-19(25)22-16-9-5-4-8-15(16)21)14-20(26)23-17-10-6-7-11-18(17)27-2/h4-11H,3,12-14H2,1-2H3,(H,22,25)(H,23,26)/p+1. The van der Waals surface area contributed by atoms with E-state index in [4.69, 9.17) is 16.3 Å². The Kier molecular flexibility index (Phi) is 8.10. The Morgan fingerprint density at radius 3 is 2.11 bits per heavy atom. The molecule has 0 spiro atoms. The van der Waals surface area contributed by atoms with E-state index in [1.54, 1.807) is 43.5 Å². The van der Waals surface area contributed by atoms with Gasteiger partial charge < -0.3 is 20.3 Å². The predicted molar refractivity (Wildman–Crippen MR) is 108 cm³/mol. The topological polar surface area (TPSA) is 71.9 Å². The van der Waals surface area contributed by atoms with Gasteiger partial charge in [0.15, 0.2) is 13.1 Å². The molecule has 0 aliphatic heterocycles. The third-order valence-corrected chi connectivity index (χ3v) is 4.28. The highest BCUT2D eigenvalue weighted by Gasteiger charge is 2.19. The molecule has 0 aromatic heterocycles. The van der Waals surface area contributed by atoms with Gasteiger partial charge in [-0.05, 0) is 30.7 Å². The second-order valence-electron chi connectivity index (χ2n) is 6.13. The van der Waals surface area contributed by atoms with E-state index in [0.29, 0.717) is 28.7 Å².